The average molecular weight is 621 g/mol. The summed E-state index contributed by atoms with van der Waals surface area (Å²) in [4.78, 5) is 8.60. The zero-order chi connectivity index (χ0) is 32.5. The fourth-order valence-corrected chi connectivity index (χ4v) is 4.97. The summed E-state index contributed by atoms with van der Waals surface area (Å²) in [6, 6.07) is 21.5. The van der Waals surface area contributed by atoms with Crippen LogP contribution in [0.25, 0.3) is 0 Å². The van der Waals surface area contributed by atoms with Crippen LogP contribution in [0.5, 0.6) is 23.0 Å². The smallest absolute Gasteiger partial charge is 0.292 e. The van der Waals surface area contributed by atoms with Crippen LogP contribution in [-0.2, 0) is 27.2 Å². The van der Waals surface area contributed by atoms with Crippen molar-refractivity contribution in [3.05, 3.63) is 109 Å². The van der Waals surface area contributed by atoms with Gasteiger partial charge in [0.1, 0.15) is 47.8 Å². The lowest BCUT2D eigenvalue weighted by Crippen LogP contribution is -2.40. The third kappa shape index (κ3) is 8.01. The van der Waals surface area contributed by atoms with Crippen LogP contribution in [0, 0.1) is 0 Å². The van der Waals surface area contributed by atoms with Crippen LogP contribution in [0.4, 0.5) is 11.4 Å². The molecule has 0 saturated heterocycles. The van der Waals surface area contributed by atoms with Crippen molar-refractivity contribution in [1.29, 1.82) is 0 Å². The van der Waals surface area contributed by atoms with Gasteiger partial charge in [-0.2, -0.15) is 0 Å². The van der Waals surface area contributed by atoms with E-state index < -0.39 is 0 Å². The van der Waals surface area contributed by atoms with Gasteiger partial charge < -0.3 is 19.7 Å². The molecule has 5 aromatic rings. The summed E-state index contributed by atoms with van der Waals surface area (Å²) < 4.78 is 19.5. The summed E-state index contributed by atoms with van der Waals surface area (Å²) >= 11 is 0. The second kappa shape index (κ2) is 15.1. The molecule has 0 aliphatic heterocycles. The van der Waals surface area contributed by atoms with Crippen LogP contribution >= 0.6 is 0 Å². The lowest BCUT2D eigenvalue weighted by atomic mass is 10.3. The second-order valence-electron chi connectivity index (χ2n) is 11.1. The SMILES string of the molecule is CCCCn1cc[n+](C)c1C([O-])=Nc1ccc(Oc2ccc(Oc3ccc(N=C([O-])c4n(CCCC)cc[n+]4C)cc3)cc2)cc1. The Kier molecular flexibility index (Phi) is 10.5. The van der Waals surface area contributed by atoms with Gasteiger partial charge in [0, 0.05) is 0 Å². The number of rotatable bonds is 14. The highest BCUT2D eigenvalue weighted by Gasteiger charge is 2.16. The molecule has 0 N–H and O–H groups in total. The molecule has 2 heterocycles. The van der Waals surface area contributed by atoms with Crippen LogP contribution < -0.4 is 28.8 Å². The van der Waals surface area contributed by atoms with Crippen molar-refractivity contribution in [2.75, 3.05) is 0 Å². The van der Waals surface area contributed by atoms with Gasteiger partial charge in [-0.1, -0.05) is 26.7 Å². The summed E-state index contributed by atoms with van der Waals surface area (Å²) in [5.74, 6) is 3.05. The Morgan fingerprint density at radius 3 is 1.24 bits per heavy atom. The van der Waals surface area contributed by atoms with E-state index in [0.29, 0.717) is 46.0 Å². The summed E-state index contributed by atoms with van der Waals surface area (Å²) in [6.45, 7) is 5.81. The van der Waals surface area contributed by atoms with Crippen LogP contribution in [0.15, 0.2) is 108 Å². The van der Waals surface area contributed by atoms with Crippen molar-refractivity contribution in [1.82, 2.24) is 9.13 Å². The van der Waals surface area contributed by atoms with E-state index in [4.69, 9.17) is 9.47 Å². The normalized spacial score (nSPS) is 12.0. The topological polar surface area (TPSA) is 107 Å². The predicted octanol–water partition coefficient (Wildman–Crippen LogP) is 5.00. The fraction of sp³-hybridized carbons (Fsp3) is 0.278. The number of aromatic nitrogens is 4. The molecule has 2 aromatic heterocycles. The second-order valence-corrected chi connectivity index (χ2v) is 11.1. The van der Waals surface area contributed by atoms with Crippen molar-refractivity contribution >= 4 is 23.2 Å². The van der Waals surface area contributed by atoms with Gasteiger partial charge in [0.15, 0.2) is 0 Å². The first kappa shape index (κ1) is 32.0. The molecule has 10 nitrogen and oxygen atoms in total. The minimum absolute atomic E-state index is 0.284. The molecule has 0 atom stereocenters. The highest BCUT2D eigenvalue weighted by atomic mass is 16.5. The van der Waals surface area contributed by atoms with Gasteiger partial charge >= 0.3 is 0 Å². The van der Waals surface area contributed by atoms with Gasteiger partial charge in [0.05, 0.1) is 50.4 Å². The molecule has 0 aliphatic carbocycles. The van der Waals surface area contributed by atoms with Crippen LogP contribution in [0.3, 0.4) is 0 Å². The monoisotopic (exact) mass is 620 g/mol. The minimum Gasteiger partial charge on any atom is -0.853 e. The van der Waals surface area contributed by atoms with E-state index >= 15 is 0 Å². The number of aryl methyl sites for hydroxylation is 4. The number of ether oxygens (including phenoxy) is 2. The largest absolute Gasteiger partial charge is 0.853 e. The molecule has 0 spiro atoms. The first-order chi connectivity index (χ1) is 22.3. The van der Waals surface area contributed by atoms with Crippen LogP contribution in [0.2, 0.25) is 0 Å². The molecule has 46 heavy (non-hydrogen) atoms. The van der Waals surface area contributed by atoms with Crippen LogP contribution in [-0.4, -0.2) is 20.9 Å². The maximum absolute atomic E-state index is 12.9. The van der Waals surface area contributed by atoms with Gasteiger partial charge in [-0.3, -0.25) is 9.98 Å². The molecule has 0 aliphatic rings. The molecular formula is C36H40N6O4. The van der Waals surface area contributed by atoms with E-state index in [-0.39, 0.29) is 11.8 Å². The van der Waals surface area contributed by atoms with Gasteiger partial charge in [-0.15, -0.1) is 0 Å². The molecule has 0 fully saturated rings. The first-order valence-corrected chi connectivity index (χ1v) is 15.6. The number of hydrogen-bond acceptors (Lipinski definition) is 6. The van der Waals surface area contributed by atoms with E-state index in [1.54, 1.807) is 57.7 Å². The predicted molar refractivity (Wildman–Crippen MR) is 173 cm³/mol. The standard InChI is InChI=1S/C36H40N6O4/c1-5-7-21-41-25-23-39(3)35(41)33(43)37-27-9-13-29(14-10-27)45-31-17-19-32(20-18-31)46-30-15-11-28(12-16-30)38-34(44)36-40(4)24-26-42(36)22-8-6-2/h9-20,23-26H,5-8,21-22H2,1-4H3. The van der Waals surface area contributed by atoms with E-state index in [1.807, 2.05) is 72.3 Å². The molecule has 0 bridgehead atoms. The van der Waals surface area contributed by atoms with Gasteiger partial charge in [-0.05, 0) is 85.6 Å². The Bertz CT molecular complexity index is 1650. The number of hydrogen-bond donors (Lipinski definition) is 0. The summed E-state index contributed by atoms with van der Waals surface area (Å²) in [7, 11) is 3.70. The highest BCUT2D eigenvalue weighted by molar-refractivity contribution is 5.88. The van der Waals surface area contributed by atoms with E-state index in [9.17, 15) is 10.2 Å². The molecule has 10 heteroatoms. The molecule has 0 unspecified atom stereocenters. The molecule has 238 valence electrons. The lowest BCUT2D eigenvalue weighted by molar-refractivity contribution is -0.674. The summed E-state index contributed by atoms with van der Waals surface area (Å²) in [6.07, 6.45) is 11.7. The molecule has 5 rings (SSSR count). The molecular weight excluding hydrogens is 580 g/mol. The van der Waals surface area contributed by atoms with Crippen molar-refractivity contribution in [2.45, 2.75) is 52.6 Å². The zero-order valence-corrected chi connectivity index (χ0v) is 26.8. The Balaban J connectivity index is 1.18. The molecule has 0 amide bonds. The Morgan fingerprint density at radius 2 is 0.913 bits per heavy atom. The lowest BCUT2D eigenvalue weighted by Gasteiger charge is -2.11. The van der Waals surface area contributed by atoms with Crippen molar-refractivity contribution in [3.63, 3.8) is 0 Å². The fourth-order valence-electron chi connectivity index (χ4n) is 4.97. The van der Waals surface area contributed by atoms with Gasteiger partial charge in [-0.25, -0.2) is 18.3 Å². The van der Waals surface area contributed by atoms with Crippen molar-refractivity contribution in [2.24, 2.45) is 24.1 Å². The summed E-state index contributed by atoms with van der Waals surface area (Å²) in [5, 5.41) is 25.8. The van der Waals surface area contributed by atoms with Crippen molar-refractivity contribution < 1.29 is 28.8 Å². The number of imidazole rings is 2. The highest BCUT2D eigenvalue weighted by Crippen LogP contribution is 2.29. The third-order valence-corrected chi connectivity index (χ3v) is 7.47. The molecule has 0 radical (unpaired) electrons. The Morgan fingerprint density at radius 1 is 0.587 bits per heavy atom. The Hall–Kier alpha value is -5.38. The number of benzene rings is 3. The quantitative estimate of drug-likeness (QED) is 0.0990. The minimum atomic E-state index is -0.284. The number of aliphatic imine (C=N–C) groups is 2. The van der Waals surface area contributed by atoms with E-state index in [0.717, 1.165) is 38.8 Å². The maximum atomic E-state index is 12.9. The van der Waals surface area contributed by atoms with Gasteiger partial charge in [0.25, 0.3) is 11.6 Å². The third-order valence-electron chi connectivity index (χ3n) is 7.47. The number of unbranched alkanes of at least 4 members (excludes halogenated alkanes) is 2. The number of nitrogens with zero attached hydrogens (tertiary/aromatic N) is 6. The Labute approximate surface area is 269 Å². The molecule has 0 saturated carbocycles. The van der Waals surface area contributed by atoms with Crippen molar-refractivity contribution in [3.8, 4) is 23.0 Å². The van der Waals surface area contributed by atoms with E-state index in [2.05, 4.69) is 23.8 Å². The first-order valence-electron chi connectivity index (χ1n) is 15.6. The maximum Gasteiger partial charge on any atom is 0.292 e. The zero-order valence-electron chi connectivity index (χ0n) is 26.8. The van der Waals surface area contributed by atoms with Gasteiger partial charge in [0.2, 0.25) is 0 Å². The van der Waals surface area contributed by atoms with Crippen LogP contribution in [0.1, 0.15) is 51.2 Å². The van der Waals surface area contributed by atoms with E-state index in [1.165, 1.54) is 0 Å². The molecule has 3 aromatic carbocycles. The average Bonchev–Trinajstić information content (AvgIpc) is 3.62. The summed E-state index contributed by atoms with van der Waals surface area (Å²) in [5.41, 5.74) is 1.12.